The van der Waals surface area contributed by atoms with Crippen molar-refractivity contribution in [3.63, 3.8) is 0 Å². The highest BCUT2D eigenvalue weighted by molar-refractivity contribution is 7.07. The van der Waals surface area contributed by atoms with Gasteiger partial charge in [-0.1, -0.05) is 6.92 Å². The lowest BCUT2D eigenvalue weighted by Gasteiger charge is -2.36. The maximum atomic E-state index is 6.27. The summed E-state index contributed by atoms with van der Waals surface area (Å²) in [5.74, 6) is 0. The van der Waals surface area contributed by atoms with Crippen LogP contribution in [0.1, 0.15) is 31.9 Å². The van der Waals surface area contributed by atoms with Gasteiger partial charge in [0.05, 0.1) is 12.6 Å². The lowest BCUT2D eigenvalue weighted by Crippen LogP contribution is -2.44. The van der Waals surface area contributed by atoms with Gasteiger partial charge in [-0.3, -0.25) is 4.90 Å². The first-order valence-corrected chi connectivity index (χ1v) is 7.04. The van der Waals surface area contributed by atoms with Gasteiger partial charge in [0.25, 0.3) is 0 Å². The third-order valence-corrected chi connectivity index (χ3v) is 4.01. The van der Waals surface area contributed by atoms with Crippen LogP contribution < -0.4 is 5.73 Å². The number of likely N-dealkylation sites (N-methyl/N-ethyl adjacent to an activating group) is 1. The van der Waals surface area contributed by atoms with Gasteiger partial charge in [-0.15, -0.1) is 0 Å². The van der Waals surface area contributed by atoms with Crippen molar-refractivity contribution in [3.05, 3.63) is 22.4 Å². The van der Waals surface area contributed by atoms with Crippen molar-refractivity contribution in [2.75, 3.05) is 20.8 Å². The average molecular weight is 256 g/mol. The number of thiophene rings is 1. The summed E-state index contributed by atoms with van der Waals surface area (Å²) in [6.07, 6.45) is 0.977. The van der Waals surface area contributed by atoms with Crippen molar-refractivity contribution >= 4 is 11.3 Å². The lowest BCUT2D eigenvalue weighted by molar-refractivity contribution is 0.0795. The maximum Gasteiger partial charge on any atom is 0.0615 e. The average Bonchev–Trinajstić information content (AvgIpc) is 2.82. The van der Waals surface area contributed by atoms with E-state index in [1.165, 1.54) is 5.56 Å². The number of ether oxygens (including phenoxy) is 1. The molecule has 3 nitrogen and oxygen atoms in total. The molecule has 0 aliphatic carbocycles. The fourth-order valence-electron chi connectivity index (χ4n) is 2.08. The fraction of sp³-hybridized carbons (Fsp3) is 0.692. The highest BCUT2D eigenvalue weighted by atomic mass is 32.1. The molecule has 0 fully saturated rings. The van der Waals surface area contributed by atoms with E-state index in [1.807, 2.05) is 0 Å². The summed E-state index contributed by atoms with van der Waals surface area (Å²) in [6.45, 7) is 5.04. The fourth-order valence-corrected chi connectivity index (χ4v) is 2.77. The van der Waals surface area contributed by atoms with Crippen LogP contribution in [0.4, 0.5) is 0 Å². The summed E-state index contributed by atoms with van der Waals surface area (Å²) in [6, 6.07) is 2.97. The topological polar surface area (TPSA) is 38.5 Å². The second kappa shape index (κ2) is 7.11. The SMILES string of the molecule is CCC(N)C(c1ccsc1)N(C)C(C)COC. The molecular weight excluding hydrogens is 232 g/mol. The third kappa shape index (κ3) is 3.78. The molecule has 1 rings (SSSR count). The smallest absolute Gasteiger partial charge is 0.0615 e. The second-order valence-corrected chi connectivity index (χ2v) is 5.32. The van der Waals surface area contributed by atoms with Gasteiger partial charge in [0.15, 0.2) is 0 Å². The predicted octanol–water partition coefficient (Wildman–Crippen LogP) is 2.49. The van der Waals surface area contributed by atoms with Crippen molar-refractivity contribution in [2.45, 2.75) is 38.4 Å². The predicted molar refractivity (Wildman–Crippen MR) is 74.4 cm³/mol. The Morgan fingerprint density at radius 3 is 2.71 bits per heavy atom. The molecule has 0 amide bonds. The Hall–Kier alpha value is -0.420. The molecule has 17 heavy (non-hydrogen) atoms. The molecule has 0 saturated heterocycles. The quantitative estimate of drug-likeness (QED) is 0.814. The number of hydrogen-bond acceptors (Lipinski definition) is 4. The molecule has 1 aromatic rings. The van der Waals surface area contributed by atoms with Crippen LogP contribution in [0.5, 0.6) is 0 Å². The molecule has 0 saturated carbocycles. The van der Waals surface area contributed by atoms with E-state index in [9.17, 15) is 0 Å². The first-order chi connectivity index (χ1) is 8.11. The van der Waals surface area contributed by atoms with E-state index in [-0.39, 0.29) is 12.1 Å². The second-order valence-electron chi connectivity index (χ2n) is 4.54. The molecule has 0 aliphatic heterocycles. The zero-order valence-electron chi connectivity index (χ0n) is 11.2. The Balaban J connectivity index is 2.83. The number of rotatable bonds is 7. The van der Waals surface area contributed by atoms with E-state index in [4.69, 9.17) is 10.5 Å². The Morgan fingerprint density at radius 1 is 1.53 bits per heavy atom. The minimum Gasteiger partial charge on any atom is -0.383 e. The van der Waals surface area contributed by atoms with Crippen LogP contribution in [0.15, 0.2) is 16.8 Å². The molecule has 98 valence electrons. The molecule has 3 atom stereocenters. The largest absolute Gasteiger partial charge is 0.383 e. The first-order valence-electron chi connectivity index (χ1n) is 6.10. The van der Waals surface area contributed by atoms with Gasteiger partial charge in [-0.05, 0) is 42.8 Å². The van der Waals surface area contributed by atoms with Crippen molar-refractivity contribution < 1.29 is 4.74 Å². The van der Waals surface area contributed by atoms with Crippen LogP contribution in [0.25, 0.3) is 0 Å². The van der Waals surface area contributed by atoms with Crippen molar-refractivity contribution in [1.82, 2.24) is 4.90 Å². The molecule has 0 aromatic carbocycles. The standard InChI is InChI=1S/C13H24N2OS/c1-5-12(14)13(11-6-7-17-9-11)15(3)10(2)8-16-4/h6-7,9-10,12-13H,5,8,14H2,1-4H3. The van der Waals surface area contributed by atoms with E-state index >= 15 is 0 Å². The molecule has 0 aliphatic rings. The van der Waals surface area contributed by atoms with E-state index in [0.717, 1.165) is 13.0 Å². The maximum absolute atomic E-state index is 6.27. The van der Waals surface area contributed by atoms with Gasteiger partial charge in [-0.25, -0.2) is 0 Å². The normalized spacial score (nSPS) is 17.1. The van der Waals surface area contributed by atoms with Gasteiger partial charge in [-0.2, -0.15) is 11.3 Å². The molecule has 3 unspecified atom stereocenters. The number of nitrogens with zero attached hydrogens (tertiary/aromatic N) is 1. The lowest BCUT2D eigenvalue weighted by atomic mass is 9.98. The third-order valence-electron chi connectivity index (χ3n) is 3.30. The van der Waals surface area contributed by atoms with Crippen LogP contribution in [0.3, 0.4) is 0 Å². The molecule has 1 aromatic heterocycles. The summed E-state index contributed by atoms with van der Waals surface area (Å²) in [5.41, 5.74) is 7.58. The van der Waals surface area contributed by atoms with Crippen LogP contribution >= 0.6 is 11.3 Å². The van der Waals surface area contributed by atoms with Gasteiger partial charge >= 0.3 is 0 Å². The van der Waals surface area contributed by atoms with Gasteiger partial charge in [0, 0.05) is 19.2 Å². The molecule has 4 heteroatoms. The summed E-state index contributed by atoms with van der Waals surface area (Å²) >= 11 is 1.72. The van der Waals surface area contributed by atoms with Crippen molar-refractivity contribution in [2.24, 2.45) is 5.73 Å². The van der Waals surface area contributed by atoms with Gasteiger partial charge in [0.1, 0.15) is 0 Å². The molecule has 0 spiro atoms. The monoisotopic (exact) mass is 256 g/mol. The molecule has 2 N–H and O–H groups in total. The Labute approximate surface area is 109 Å². The summed E-state index contributed by atoms with van der Waals surface area (Å²) in [5, 5.41) is 4.30. The minimum atomic E-state index is 0.161. The zero-order valence-corrected chi connectivity index (χ0v) is 12.0. The van der Waals surface area contributed by atoms with E-state index in [1.54, 1.807) is 18.4 Å². The Bertz CT molecular complexity index is 302. The zero-order chi connectivity index (χ0) is 12.8. The summed E-state index contributed by atoms with van der Waals surface area (Å²) in [4.78, 5) is 2.32. The molecule has 1 heterocycles. The van der Waals surface area contributed by atoms with Crippen LogP contribution in [0.2, 0.25) is 0 Å². The Kier molecular flexibility index (Phi) is 6.12. The van der Waals surface area contributed by atoms with E-state index in [2.05, 4.69) is 42.6 Å². The van der Waals surface area contributed by atoms with Gasteiger partial charge < -0.3 is 10.5 Å². The number of nitrogens with two attached hydrogens (primary N) is 1. The Morgan fingerprint density at radius 2 is 2.24 bits per heavy atom. The summed E-state index contributed by atoms with van der Waals surface area (Å²) in [7, 11) is 3.87. The molecule has 0 radical (unpaired) electrons. The minimum absolute atomic E-state index is 0.161. The first kappa shape index (κ1) is 14.6. The van der Waals surface area contributed by atoms with E-state index < -0.39 is 0 Å². The van der Waals surface area contributed by atoms with E-state index in [0.29, 0.717) is 6.04 Å². The van der Waals surface area contributed by atoms with Crippen LogP contribution in [-0.4, -0.2) is 37.7 Å². The number of hydrogen-bond donors (Lipinski definition) is 1. The number of methoxy groups -OCH3 is 1. The molecular formula is C13H24N2OS. The van der Waals surface area contributed by atoms with Crippen LogP contribution in [0, 0.1) is 0 Å². The van der Waals surface area contributed by atoms with Crippen LogP contribution in [-0.2, 0) is 4.74 Å². The van der Waals surface area contributed by atoms with Crippen molar-refractivity contribution in [3.8, 4) is 0 Å². The van der Waals surface area contributed by atoms with Crippen molar-refractivity contribution in [1.29, 1.82) is 0 Å². The van der Waals surface area contributed by atoms with Gasteiger partial charge in [0.2, 0.25) is 0 Å². The summed E-state index contributed by atoms with van der Waals surface area (Å²) < 4.78 is 5.23. The molecule has 0 bridgehead atoms. The highest BCUT2D eigenvalue weighted by Gasteiger charge is 2.26. The highest BCUT2D eigenvalue weighted by Crippen LogP contribution is 2.27.